The van der Waals surface area contributed by atoms with Crippen molar-refractivity contribution in [2.24, 2.45) is 0 Å². The fourth-order valence-electron chi connectivity index (χ4n) is 2.21. The fraction of sp³-hybridized carbons (Fsp3) is 0.333. The van der Waals surface area contributed by atoms with Gasteiger partial charge in [-0.25, -0.2) is 14.6 Å². The van der Waals surface area contributed by atoms with Gasteiger partial charge in [0.1, 0.15) is 5.39 Å². The number of hydrogen-bond acceptors (Lipinski definition) is 5. The van der Waals surface area contributed by atoms with Gasteiger partial charge < -0.3 is 4.42 Å². The van der Waals surface area contributed by atoms with E-state index in [1.54, 1.807) is 24.5 Å². The van der Waals surface area contributed by atoms with Crippen molar-refractivity contribution < 1.29 is 4.42 Å². The van der Waals surface area contributed by atoms with E-state index in [0.717, 1.165) is 16.5 Å². The van der Waals surface area contributed by atoms with Crippen molar-refractivity contribution in [1.82, 2.24) is 14.5 Å². The first-order chi connectivity index (χ1) is 12.1. The highest BCUT2D eigenvalue weighted by molar-refractivity contribution is 9.09. The molecule has 0 N–H and O–H groups in total. The van der Waals surface area contributed by atoms with E-state index in [-0.39, 0.29) is 11.9 Å². The fourth-order valence-corrected chi connectivity index (χ4v) is 2.77. The molecule has 0 bridgehead atoms. The van der Waals surface area contributed by atoms with Gasteiger partial charge in [-0.3, -0.25) is 9.55 Å². The van der Waals surface area contributed by atoms with Gasteiger partial charge in [0.15, 0.2) is 5.65 Å². The SMILES string of the molecule is CCCCBr.Cc1cncc(Cn2c(=O)oc(=O)c3cccnc32)c1. The highest BCUT2D eigenvalue weighted by atomic mass is 79.9. The summed E-state index contributed by atoms with van der Waals surface area (Å²) in [4.78, 5) is 31.7. The van der Waals surface area contributed by atoms with Crippen molar-refractivity contribution in [3.05, 3.63) is 68.9 Å². The molecule has 0 aliphatic heterocycles. The van der Waals surface area contributed by atoms with Crippen LogP contribution in [0.5, 0.6) is 0 Å². The van der Waals surface area contributed by atoms with Gasteiger partial charge in [0.05, 0.1) is 6.54 Å². The van der Waals surface area contributed by atoms with Crippen LogP contribution in [0.3, 0.4) is 0 Å². The molecule has 7 heteroatoms. The maximum absolute atomic E-state index is 11.9. The van der Waals surface area contributed by atoms with Gasteiger partial charge in [0.2, 0.25) is 0 Å². The number of fused-ring (bicyclic) bond motifs is 1. The van der Waals surface area contributed by atoms with E-state index < -0.39 is 11.4 Å². The number of rotatable bonds is 4. The molecule has 0 unspecified atom stereocenters. The summed E-state index contributed by atoms with van der Waals surface area (Å²) < 4.78 is 6.04. The van der Waals surface area contributed by atoms with Gasteiger partial charge in [0, 0.05) is 23.9 Å². The zero-order valence-corrected chi connectivity index (χ0v) is 15.8. The van der Waals surface area contributed by atoms with Crippen LogP contribution in [0.15, 0.2) is 50.8 Å². The van der Waals surface area contributed by atoms with Crippen LogP contribution in [0.2, 0.25) is 0 Å². The maximum Gasteiger partial charge on any atom is 0.423 e. The molecule has 25 heavy (non-hydrogen) atoms. The lowest BCUT2D eigenvalue weighted by Crippen LogP contribution is -2.26. The highest BCUT2D eigenvalue weighted by Crippen LogP contribution is 2.08. The minimum Gasteiger partial charge on any atom is -0.372 e. The van der Waals surface area contributed by atoms with Crippen molar-refractivity contribution in [2.75, 3.05) is 5.33 Å². The summed E-state index contributed by atoms with van der Waals surface area (Å²) in [5.41, 5.74) is 1.48. The number of alkyl halides is 1. The molecule has 3 aromatic rings. The molecule has 0 aromatic carbocycles. The second-order valence-electron chi connectivity index (χ2n) is 5.53. The van der Waals surface area contributed by atoms with E-state index >= 15 is 0 Å². The average Bonchev–Trinajstić information content (AvgIpc) is 2.60. The smallest absolute Gasteiger partial charge is 0.372 e. The number of hydrogen-bond donors (Lipinski definition) is 0. The minimum absolute atomic E-state index is 0.255. The Morgan fingerprint density at radius 3 is 2.72 bits per heavy atom. The zero-order chi connectivity index (χ0) is 18.2. The largest absolute Gasteiger partial charge is 0.423 e. The van der Waals surface area contributed by atoms with Crippen LogP contribution in [0.1, 0.15) is 30.9 Å². The number of aromatic nitrogens is 3. The third kappa shape index (κ3) is 5.09. The summed E-state index contributed by atoms with van der Waals surface area (Å²) in [6.07, 6.45) is 7.53. The lowest BCUT2D eigenvalue weighted by Gasteiger charge is -2.07. The third-order valence-electron chi connectivity index (χ3n) is 3.42. The van der Waals surface area contributed by atoms with Crippen LogP contribution in [-0.4, -0.2) is 19.9 Å². The van der Waals surface area contributed by atoms with Crippen molar-refractivity contribution >= 4 is 27.0 Å². The van der Waals surface area contributed by atoms with Crippen molar-refractivity contribution in [2.45, 2.75) is 33.2 Å². The summed E-state index contributed by atoms with van der Waals surface area (Å²) in [6.45, 7) is 4.35. The molecule has 132 valence electrons. The Morgan fingerprint density at radius 1 is 1.28 bits per heavy atom. The highest BCUT2D eigenvalue weighted by Gasteiger charge is 2.10. The molecule has 3 heterocycles. The Morgan fingerprint density at radius 2 is 2.08 bits per heavy atom. The molecule has 0 amide bonds. The van der Waals surface area contributed by atoms with E-state index in [2.05, 4.69) is 32.8 Å². The predicted octanol–water partition coefficient (Wildman–Crippen LogP) is 3.28. The van der Waals surface area contributed by atoms with E-state index in [0.29, 0.717) is 5.65 Å². The van der Waals surface area contributed by atoms with Crippen LogP contribution >= 0.6 is 15.9 Å². The molecule has 0 radical (unpaired) electrons. The van der Waals surface area contributed by atoms with Crippen LogP contribution in [0, 0.1) is 6.92 Å². The van der Waals surface area contributed by atoms with Gasteiger partial charge in [-0.1, -0.05) is 35.3 Å². The van der Waals surface area contributed by atoms with Crippen LogP contribution in [0.4, 0.5) is 0 Å². The Bertz CT molecular complexity index is 948. The summed E-state index contributed by atoms with van der Waals surface area (Å²) in [6, 6.07) is 5.13. The van der Waals surface area contributed by atoms with E-state index in [1.165, 1.54) is 23.6 Å². The predicted molar refractivity (Wildman–Crippen MR) is 101 cm³/mol. The normalized spacial score (nSPS) is 10.4. The second kappa shape index (κ2) is 9.27. The van der Waals surface area contributed by atoms with Crippen molar-refractivity contribution in [3.63, 3.8) is 0 Å². The summed E-state index contributed by atoms with van der Waals surface area (Å²) >= 11 is 3.31. The molecule has 0 aliphatic carbocycles. The summed E-state index contributed by atoms with van der Waals surface area (Å²) in [5.74, 6) is -0.720. The first-order valence-electron chi connectivity index (χ1n) is 8.02. The number of aryl methyl sites for hydroxylation is 1. The van der Waals surface area contributed by atoms with Gasteiger partial charge >= 0.3 is 11.4 Å². The Labute approximate surface area is 153 Å². The topological polar surface area (TPSA) is 78.0 Å². The molecule has 0 atom stereocenters. The lowest BCUT2D eigenvalue weighted by atomic mass is 10.2. The molecule has 0 saturated carbocycles. The Balaban J connectivity index is 0.000000399. The standard InChI is InChI=1S/C14H11N3O3.C4H9Br/c1-9-5-10(7-15-6-9)8-17-12-11(3-2-4-16-12)13(18)20-14(17)19;1-2-3-4-5/h2-7H,8H2,1H3;2-4H2,1H3. The second-order valence-corrected chi connectivity index (χ2v) is 6.32. The monoisotopic (exact) mass is 405 g/mol. The third-order valence-corrected chi connectivity index (χ3v) is 3.98. The van der Waals surface area contributed by atoms with E-state index in [1.807, 2.05) is 13.0 Å². The molecule has 6 nitrogen and oxygen atoms in total. The molecular weight excluding hydrogens is 386 g/mol. The first-order valence-corrected chi connectivity index (χ1v) is 9.14. The molecule has 0 fully saturated rings. The molecule has 0 aliphatic rings. The molecule has 0 spiro atoms. The zero-order valence-electron chi connectivity index (χ0n) is 14.2. The Kier molecular flexibility index (Phi) is 7.06. The van der Waals surface area contributed by atoms with Gasteiger partial charge in [-0.15, -0.1) is 0 Å². The van der Waals surface area contributed by atoms with Crippen molar-refractivity contribution in [1.29, 1.82) is 0 Å². The number of nitrogens with zero attached hydrogens (tertiary/aromatic N) is 3. The molecule has 3 aromatic heterocycles. The van der Waals surface area contributed by atoms with E-state index in [9.17, 15) is 9.59 Å². The van der Waals surface area contributed by atoms with E-state index in [4.69, 9.17) is 4.42 Å². The maximum atomic E-state index is 11.9. The van der Waals surface area contributed by atoms with Gasteiger partial charge in [0.25, 0.3) is 0 Å². The number of pyridine rings is 2. The lowest BCUT2D eigenvalue weighted by molar-refractivity contribution is 0.423. The molecule has 0 saturated heterocycles. The summed E-state index contributed by atoms with van der Waals surface area (Å²) in [5, 5.41) is 1.44. The number of halogens is 1. The minimum atomic E-state index is -0.720. The van der Waals surface area contributed by atoms with Crippen LogP contribution in [-0.2, 0) is 6.54 Å². The van der Waals surface area contributed by atoms with Crippen LogP contribution in [0.25, 0.3) is 11.0 Å². The van der Waals surface area contributed by atoms with Crippen molar-refractivity contribution in [3.8, 4) is 0 Å². The first kappa shape index (κ1) is 19.1. The number of unbranched alkanes of at least 4 members (excludes halogenated alkanes) is 1. The summed E-state index contributed by atoms with van der Waals surface area (Å²) in [7, 11) is 0. The van der Waals surface area contributed by atoms with Gasteiger partial charge in [-0.05, 0) is 36.6 Å². The van der Waals surface area contributed by atoms with Gasteiger partial charge in [-0.2, -0.15) is 0 Å². The van der Waals surface area contributed by atoms with Crippen LogP contribution < -0.4 is 11.4 Å². The quantitative estimate of drug-likeness (QED) is 0.622. The average molecular weight is 406 g/mol. The molecular formula is C18H20BrN3O3. The molecule has 3 rings (SSSR count). The Hall–Kier alpha value is -2.28.